The fourth-order valence-corrected chi connectivity index (χ4v) is 2.32. The Balaban J connectivity index is 2.20. The van der Waals surface area contributed by atoms with E-state index in [2.05, 4.69) is 0 Å². The van der Waals surface area contributed by atoms with Crippen molar-refractivity contribution in [1.29, 1.82) is 0 Å². The lowest BCUT2D eigenvalue weighted by Crippen LogP contribution is -2.31. The van der Waals surface area contributed by atoms with Gasteiger partial charge < -0.3 is 0 Å². The van der Waals surface area contributed by atoms with Gasteiger partial charge in [-0.15, -0.1) is 0 Å². The van der Waals surface area contributed by atoms with Crippen LogP contribution in [-0.4, -0.2) is 21.1 Å². The molecule has 0 saturated carbocycles. The van der Waals surface area contributed by atoms with Gasteiger partial charge in [0.25, 0.3) is 11.3 Å². The Morgan fingerprint density at radius 2 is 1.70 bits per heavy atom. The Bertz CT molecular complexity index is 611. The van der Waals surface area contributed by atoms with Gasteiger partial charge >= 0.3 is 0 Å². The molecule has 0 saturated heterocycles. The zero-order chi connectivity index (χ0) is 14.5. The minimum Gasteiger partial charge on any atom is -0.292 e. The number of rotatable bonds is 5. The number of Topliss-reactive ketones (excluding diaryl/α,β-unsaturated/α-hetero) is 1. The van der Waals surface area contributed by atoms with E-state index in [9.17, 15) is 13.6 Å². The van der Waals surface area contributed by atoms with Crippen LogP contribution in [0.2, 0.25) is 0 Å². The molecule has 104 valence electrons. The molecular formula is C15H15NO3S. The topological polar surface area (TPSA) is 57.6 Å². The third kappa shape index (κ3) is 3.53. The van der Waals surface area contributed by atoms with E-state index in [0.29, 0.717) is 11.3 Å². The SMILES string of the molecule is Cc1ccc(N(CC(=O)c2ccccc2)S(=O)O)cc1. The number of anilines is 1. The Morgan fingerprint density at radius 3 is 2.25 bits per heavy atom. The van der Waals surface area contributed by atoms with Gasteiger partial charge in [0.15, 0.2) is 5.78 Å². The van der Waals surface area contributed by atoms with Gasteiger partial charge in [-0.05, 0) is 19.1 Å². The summed E-state index contributed by atoms with van der Waals surface area (Å²) in [6.45, 7) is 1.79. The van der Waals surface area contributed by atoms with Gasteiger partial charge in [0, 0.05) is 5.56 Å². The van der Waals surface area contributed by atoms with Gasteiger partial charge in [-0.25, -0.2) is 4.21 Å². The fourth-order valence-electron chi connectivity index (χ4n) is 1.79. The summed E-state index contributed by atoms with van der Waals surface area (Å²) in [5, 5.41) is 0. The number of benzene rings is 2. The predicted molar refractivity (Wildman–Crippen MR) is 80.1 cm³/mol. The van der Waals surface area contributed by atoms with Crippen LogP contribution in [0.4, 0.5) is 5.69 Å². The average Bonchev–Trinajstić information content (AvgIpc) is 2.46. The highest BCUT2D eigenvalue weighted by Gasteiger charge is 2.17. The van der Waals surface area contributed by atoms with Crippen molar-refractivity contribution in [1.82, 2.24) is 0 Å². The molecule has 0 radical (unpaired) electrons. The standard InChI is InChI=1S/C15H15NO3S/c1-12-7-9-14(10-8-12)16(20(18)19)11-15(17)13-5-3-2-4-6-13/h2-10H,11H2,1H3,(H,18,19). The van der Waals surface area contributed by atoms with E-state index in [0.717, 1.165) is 9.87 Å². The maximum atomic E-state index is 12.1. The number of carbonyl (C=O) groups excluding carboxylic acids is 1. The van der Waals surface area contributed by atoms with Crippen molar-refractivity contribution >= 4 is 22.7 Å². The van der Waals surface area contributed by atoms with E-state index < -0.39 is 11.3 Å². The highest BCUT2D eigenvalue weighted by molar-refractivity contribution is 7.80. The molecule has 0 bridgehead atoms. The molecule has 0 aliphatic rings. The predicted octanol–water partition coefficient (Wildman–Crippen LogP) is 2.82. The first-order chi connectivity index (χ1) is 9.58. The van der Waals surface area contributed by atoms with Gasteiger partial charge in [-0.3, -0.25) is 13.7 Å². The summed E-state index contributed by atoms with van der Waals surface area (Å²) in [5.74, 6) is -0.200. The molecule has 0 aliphatic carbocycles. The van der Waals surface area contributed by atoms with E-state index in [1.807, 2.05) is 25.1 Å². The Kier molecular flexibility index (Phi) is 4.65. The van der Waals surface area contributed by atoms with Crippen molar-refractivity contribution in [3.63, 3.8) is 0 Å². The van der Waals surface area contributed by atoms with E-state index in [1.165, 1.54) is 0 Å². The highest BCUT2D eigenvalue weighted by atomic mass is 32.2. The van der Waals surface area contributed by atoms with Crippen molar-refractivity contribution < 1.29 is 13.6 Å². The minimum atomic E-state index is -2.24. The van der Waals surface area contributed by atoms with Crippen LogP contribution in [0.15, 0.2) is 54.6 Å². The number of carbonyl (C=O) groups is 1. The quantitative estimate of drug-likeness (QED) is 0.680. The number of hydrogen-bond donors (Lipinski definition) is 1. The maximum absolute atomic E-state index is 12.1. The second-order valence-corrected chi connectivity index (χ2v) is 5.29. The first-order valence-corrected chi connectivity index (χ1v) is 7.18. The molecule has 0 heterocycles. The van der Waals surface area contributed by atoms with Crippen LogP contribution >= 0.6 is 0 Å². The van der Waals surface area contributed by atoms with Gasteiger partial charge in [0.2, 0.25) is 0 Å². The van der Waals surface area contributed by atoms with Crippen LogP contribution in [0, 0.1) is 6.92 Å². The number of ketones is 1. The molecule has 2 rings (SSSR count). The van der Waals surface area contributed by atoms with Gasteiger partial charge in [0.05, 0.1) is 12.2 Å². The summed E-state index contributed by atoms with van der Waals surface area (Å²) in [5.41, 5.74) is 2.11. The van der Waals surface area contributed by atoms with Crippen LogP contribution in [0.5, 0.6) is 0 Å². The third-order valence-corrected chi connectivity index (χ3v) is 3.61. The summed E-state index contributed by atoms with van der Waals surface area (Å²) in [4.78, 5) is 12.1. The molecule has 5 heteroatoms. The summed E-state index contributed by atoms with van der Waals surface area (Å²) >= 11 is -2.24. The first kappa shape index (κ1) is 14.4. The van der Waals surface area contributed by atoms with Crippen molar-refractivity contribution in [2.24, 2.45) is 0 Å². The lowest BCUT2D eigenvalue weighted by atomic mass is 10.1. The largest absolute Gasteiger partial charge is 0.292 e. The number of nitrogens with zero attached hydrogens (tertiary/aromatic N) is 1. The van der Waals surface area contributed by atoms with E-state index in [-0.39, 0.29) is 12.3 Å². The minimum absolute atomic E-state index is 0.143. The zero-order valence-corrected chi connectivity index (χ0v) is 11.8. The van der Waals surface area contributed by atoms with Crippen molar-refractivity contribution in [2.75, 3.05) is 10.8 Å². The highest BCUT2D eigenvalue weighted by Crippen LogP contribution is 2.17. The van der Waals surface area contributed by atoms with Gasteiger partial charge in [0.1, 0.15) is 0 Å². The van der Waals surface area contributed by atoms with Crippen LogP contribution < -0.4 is 4.31 Å². The first-order valence-electron chi connectivity index (χ1n) is 6.11. The second kappa shape index (κ2) is 6.45. The molecule has 1 atom stereocenters. The summed E-state index contributed by atoms with van der Waals surface area (Å²) in [6, 6.07) is 15.8. The molecule has 1 unspecified atom stereocenters. The molecular weight excluding hydrogens is 274 g/mol. The number of hydrogen-bond acceptors (Lipinski definition) is 2. The van der Waals surface area contributed by atoms with Gasteiger partial charge in [-0.2, -0.15) is 0 Å². The summed E-state index contributed by atoms with van der Waals surface area (Å²) in [7, 11) is 0. The lowest BCUT2D eigenvalue weighted by Gasteiger charge is -2.19. The van der Waals surface area contributed by atoms with Gasteiger partial charge in [-0.1, -0.05) is 48.0 Å². The molecule has 1 N–H and O–H groups in total. The van der Waals surface area contributed by atoms with Crippen LogP contribution in [-0.2, 0) is 11.3 Å². The zero-order valence-electron chi connectivity index (χ0n) is 11.0. The molecule has 0 spiro atoms. The summed E-state index contributed by atoms with van der Waals surface area (Å²) in [6.07, 6.45) is 0. The molecule has 4 nitrogen and oxygen atoms in total. The normalized spacial score (nSPS) is 11.9. The molecule has 0 aliphatic heterocycles. The fraction of sp³-hybridized carbons (Fsp3) is 0.133. The lowest BCUT2D eigenvalue weighted by molar-refractivity contribution is 0.100. The molecule has 2 aromatic carbocycles. The monoisotopic (exact) mass is 289 g/mol. The Hall–Kier alpha value is -1.98. The van der Waals surface area contributed by atoms with E-state index in [1.54, 1.807) is 36.4 Å². The Morgan fingerprint density at radius 1 is 1.10 bits per heavy atom. The molecule has 0 amide bonds. The van der Waals surface area contributed by atoms with E-state index >= 15 is 0 Å². The molecule has 0 fully saturated rings. The van der Waals surface area contributed by atoms with Crippen molar-refractivity contribution in [3.05, 3.63) is 65.7 Å². The van der Waals surface area contributed by atoms with Crippen LogP contribution in [0.3, 0.4) is 0 Å². The number of aryl methyl sites for hydroxylation is 1. The van der Waals surface area contributed by atoms with Crippen LogP contribution in [0.25, 0.3) is 0 Å². The second-order valence-electron chi connectivity index (χ2n) is 4.39. The molecule has 20 heavy (non-hydrogen) atoms. The van der Waals surface area contributed by atoms with Crippen LogP contribution in [0.1, 0.15) is 15.9 Å². The third-order valence-electron chi connectivity index (χ3n) is 2.89. The van der Waals surface area contributed by atoms with E-state index in [4.69, 9.17) is 0 Å². The Labute approximate surface area is 120 Å². The smallest absolute Gasteiger partial charge is 0.262 e. The molecule has 2 aromatic rings. The average molecular weight is 289 g/mol. The van der Waals surface area contributed by atoms with Crippen molar-refractivity contribution in [2.45, 2.75) is 6.92 Å². The van der Waals surface area contributed by atoms with Crippen molar-refractivity contribution in [3.8, 4) is 0 Å². The maximum Gasteiger partial charge on any atom is 0.262 e. The summed E-state index contributed by atoms with van der Waals surface area (Å²) < 4.78 is 22.0. The molecule has 0 aromatic heterocycles.